The first-order chi connectivity index (χ1) is 9.54. The molecule has 2 aromatic carbocycles. The predicted molar refractivity (Wildman–Crippen MR) is 80.0 cm³/mol. The zero-order chi connectivity index (χ0) is 14.3. The molecule has 0 aromatic heterocycles. The maximum atomic E-state index is 10.4. The fourth-order valence-electron chi connectivity index (χ4n) is 2.94. The molecule has 20 heavy (non-hydrogen) atoms. The third-order valence-electron chi connectivity index (χ3n) is 4.00. The van der Waals surface area contributed by atoms with E-state index in [9.17, 15) is 5.11 Å². The number of benzene rings is 2. The molecule has 1 N–H and O–H groups in total. The van der Waals surface area contributed by atoms with Crippen LogP contribution in [-0.2, 0) is 0 Å². The van der Waals surface area contributed by atoms with Gasteiger partial charge in [0.2, 0.25) is 0 Å². The third-order valence-corrected chi connectivity index (χ3v) is 4.00. The summed E-state index contributed by atoms with van der Waals surface area (Å²) in [5.74, 6) is 0.805. The number of hydrogen-bond acceptors (Lipinski definition) is 2. The van der Waals surface area contributed by atoms with Gasteiger partial charge in [0.25, 0.3) is 0 Å². The van der Waals surface area contributed by atoms with Crippen LogP contribution in [0.4, 0.5) is 0 Å². The minimum Gasteiger partial charge on any atom is -0.485 e. The Balaban J connectivity index is 1.97. The Morgan fingerprint density at radius 2 is 1.65 bits per heavy atom. The number of ether oxygens (including phenoxy) is 1. The van der Waals surface area contributed by atoms with Crippen LogP contribution in [0.25, 0.3) is 0 Å². The van der Waals surface area contributed by atoms with E-state index < -0.39 is 6.10 Å². The second kappa shape index (κ2) is 4.95. The van der Waals surface area contributed by atoms with Gasteiger partial charge in [-0.2, -0.15) is 0 Å². The number of aliphatic hydroxyl groups is 1. The summed E-state index contributed by atoms with van der Waals surface area (Å²) < 4.78 is 6.10. The van der Waals surface area contributed by atoms with Gasteiger partial charge in [-0.3, -0.25) is 0 Å². The zero-order valence-corrected chi connectivity index (χ0v) is 12.2. The SMILES string of the molecule is Cc1ccc(C2CC(O)c3cc(C)ccc3O2)c(C)c1. The van der Waals surface area contributed by atoms with Crippen molar-refractivity contribution < 1.29 is 9.84 Å². The molecule has 2 atom stereocenters. The highest BCUT2D eigenvalue weighted by Gasteiger charge is 2.28. The van der Waals surface area contributed by atoms with Gasteiger partial charge < -0.3 is 9.84 Å². The largest absolute Gasteiger partial charge is 0.485 e. The first-order valence-electron chi connectivity index (χ1n) is 7.07. The van der Waals surface area contributed by atoms with Crippen LogP contribution in [-0.4, -0.2) is 5.11 Å². The van der Waals surface area contributed by atoms with Crippen LogP contribution in [0.3, 0.4) is 0 Å². The lowest BCUT2D eigenvalue weighted by Gasteiger charge is -2.31. The highest BCUT2D eigenvalue weighted by atomic mass is 16.5. The van der Waals surface area contributed by atoms with Gasteiger partial charge in [-0.05, 0) is 44.0 Å². The molecule has 0 amide bonds. The van der Waals surface area contributed by atoms with E-state index in [1.807, 2.05) is 25.1 Å². The Kier molecular flexibility index (Phi) is 3.27. The first kappa shape index (κ1) is 13.2. The average molecular weight is 268 g/mol. The molecule has 0 saturated carbocycles. The number of aryl methyl sites for hydroxylation is 3. The molecule has 0 bridgehead atoms. The van der Waals surface area contributed by atoms with E-state index in [-0.39, 0.29) is 6.10 Å². The van der Waals surface area contributed by atoms with Crippen LogP contribution >= 0.6 is 0 Å². The van der Waals surface area contributed by atoms with Crippen LogP contribution in [0.15, 0.2) is 36.4 Å². The van der Waals surface area contributed by atoms with Gasteiger partial charge >= 0.3 is 0 Å². The molecular formula is C18H20O2. The molecule has 2 aromatic rings. The van der Waals surface area contributed by atoms with Gasteiger partial charge in [0.1, 0.15) is 11.9 Å². The van der Waals surface area contributed by atoms with Crippen molar-refractivity contribution in [2.45, 2.75) is 39.4 Å². The monoisotopic (exact) mass is 268 g/mol. The van der Waals surface area contributed by atoms with Crippen LogP contribution < -0.4 is 4.74 Å². The second-order valence-corrected chi connectivity index (χ2v) is 5.76. The van der Waals surface area contributed by atoms with Crippen molar-refractivity contribution in [1.29, 1.82) is 0 Å². The Labute approximate surface area is 120 Å². The van der Waals surface area contributed by atoms with E-state index in [0.29, 0.717) is 6.42 Å². The summed E-state index contributed by atoms with van der Waals surface area (Å²) in [4.78, 5) is 0. The Bertz CT molecular complexity index is 646. The number of rotatable bonds is 1. The number of fused-ring (bicyclic) bond motifs is 1. The number of hydrogen-bond donors (Lipinski definition) is 1. The van der Waals surface area contributed by atoms with Crippen molar-refractivity contribution in [3.63, 3.8) is 0 Å². The molecule has 0 aliphatic carbocycles. The molecule has 0 fully saturated rings. The lowest BCUT2D eigenvalue weighted by Crippen LogP contribution is -2.19. The molecule has 2 nitrogen and oxygen atoms in total. The minimum absolute atomic E-state index is 0.0687. The van der Waals surface area contributed by atoms with E-state index in [2.05, 4.69) is 32.0 Å². The highest BCUT2D eigenvalue weighted by Crippen LogP contribution is 2.41. The molecule has 0 spiro atoms. The standard InChI is InChI=1S/C18H20O2/c1-11-4-6-14(13(3)8-11)18-10-16(19)15-9-12(2)5-7-17(15)20-18/h4-9,16,18-19H,10H2,1-3H3. The molecule has 2 unspecified atom stereocenters. The fourth-order valence-corrected chi connectivity index (χ4v) is 2.94. The van der Waals surface area contributed by atoms with Gasteiger partial charge in [0.15, 0.2) is 0 Å². The lowest BCUT2D eigenvalue weighted by atomic mass is 9.91. The molecule has 0 radical (unpaired) electrons. The van der Waals surface area contributed by atoms with Gasteiger partial charge in [0, 0.05) is 12.0 Å². The van der Waals surface area contributed by atoms with Crippen molar-refractivity contribution in [1.82, 2.24) is 0 Å². The summed E-state index contributed by atoms with van der Waals surface area (Å²) in [6, 6.07) is 12.4. The maximum Gasteiger partial charge on any atom is 0.127 e. The summed E-state index contributed by atoms with van der Waals surface area (Å²) in [6.07, 6.45) is 0.0885. The van der Waals surface area contributed by atoms with Crippen LogP contribution in [0.1, 0.15) is 46.4 Å². The Morgan fingerprint density at radius 3 is 2.40 bits per heavy atom. The molecule has 2 heteroatoms. The van der Waals surface area contributed by atoms with Crippen molar-refractivity contribution >= 4 is 0 Å². The summed E-state index contributed by atoms with van der Waals surface area (Å²) in [7, 11) is 0. The van der Waals surface area contributed by atoms with Crippen LogP contribution in [0.5, 0.6) is 5.75 Å². The summed E-state index contributed by atoms with van der Waals surface area (Å²) in [5, 5.41) is 10.4. The quantitative estimate of drug-likeness (QED) is 0.841. The normalized spacial score (nSPS) is 21.2. The fraction of sp³-hybridized carbons (Fsp3) is 0.333. The van der Waals surface area contributed by atoms with Crippen molar-refractivity contribution in [3.05, 3.63) is 64.2 Å². The topological polar surface area (TPSA) is 29.5 Å². The van der Waals surface area contributed by atoms with Crippen LogP contribution in [0, 0.1) is 20.8 Å². The predicted octanol–water partition coefficient (Wildman–Crippen LogP) is 4.17. The summed E-state index contributed by atoms with van der Waals surface area (Å²) in [5.41, 5.74) is 5.69. The smallest absolute Gasteiger partial charge is 0.127 e. The highest BCUT2D eigenvalue weighted by molar-refractivity contribution is 5.42. The second-order valence-electron chi connectivity index (χ2n) is 5.76. The summed E-state index contributed by atoms with van der Waals surface area (Å²) >= 11 is 0. The van der Waals surface area contributed by atoms with Crippen molar-refractivity contribution in [2.24, 2.45) is 0 Å². The van der Waals surface area contributed by atoms with E-state index in [4.69, 9.17) is 4.74 Å². The minimum atomic E-state index is -0.454. The third kappa shape index (κ3) is 2.32. The first-order valence-corrected chi connectivity index (χ1v) is 7.07. The Hall–Kier alpha value is -1.80. The molecule has 1 aliphatic heterocycles. The molecule has 104 valence electrons. The molecule has 3 rings (SSSR count). The zero-order valence-electron chi connectivity index (χ0n) is 12.2. The molecule has 1 heterocycles. The van der Waals surface area contributed by atoms with E-state index in [0.717, 1.165) is 16.9 Å². The lowest BCUT2D eigenvalue weighted by molar-refractivity contribution is 0.0654. The molecular weight excluding hydrogens is 248 g/mol. The van der Waals surface area contributed by atoms with E-state index in [1.54, 1.807) is 0 Å². The van der Waals surface area contributed by atoms with Crippen molar-refractivity contribution in [3.8, 4) is 5.75 Å². The molecule has 1 aliphatic rings. The number of aliphatic hydroxyl groups excluding tert-OH is 1. The average Bonchev–Trinajstić information content (AvgIpc) is 2.39. The van der Waals surface area contributed by atoms with Crippen molar-refractivity contribution in [2.75, 3.05) is 0 Å². The van der Waals surface area contributed by atoms with Gasteiger partial charge in [-0.15, -0.1) is 0 Å². The van der Waals surface area contributed by atoms with Crippen LogP contribution in [0.2, 0.25) is 0 Å². The van der Waals surface area contributed by atoms with Gasteiger partial charge in [-0.1, -0.05) is 35.4 Å². The molecule has 0 saturated heterocycles. The maximum absolute atomic E-state index is 10.4. The summed E-state index contributed by atoms with van der Waals surface area (Å²) in [6.45, 7) is 6.22. The Morgan fingerprint density at radius 1 is 0.950 bits per heavy atom. The van der Waals surface area contributed by atoms with E-state index >= 15 is 0 Å². The van der Waals surface area contributed by atoms with Gasteiger partial charge in [-0.25, -0.2) is 0 Å². The van der Waals surface area contributed by atoms with E-state index in [1.165, 1.54) is 16.7 Å². The van der Waals surface area contributed by atoms with Gasteiger partial charge in [0.05, 0.1) is 6.10 Å².